The number of carbonyl (C=O) groups is 6. The summed E-state index contributed by atoms with van der Waals surface area (Å²) in [4.78, 5) is 94.4. The van der Waals surface area contributed by atoms with Crippen molar-refractivity contribution in [1.82, 2.24) is 30.4 Å². The summed E-state index contributed by atoms with van der Waals surface area (Å²) in [5.41, 5.74) is 10.2. The zero-order valence-corrected chi connectivity index (χ0v) is 37.5. The van der Waals surface area contributed by atoms with Crippen LogP contribution in [0.15, 0.2) is 36.5 Å². The Bertz CT molecular complexity index is 2350. The topological polar surface area (TPSA) is 234 Å². The number of ether oxygens (including phenoxy) is 2. The molecule has 3 aromatic rings. The molecule has 4 aliphatic heterocycles. The van der Waals surface area contributed by atoms with Crippen LogP contribution in [0.1, 0.15) is 96.6 Å². The number of benzene rings is 2. The number of methoxy groups -OCH3 is 1. The number of piperidine rings is 2. The first-order valence-electron chi connectivity index (χ1n) is 22.7. The number of rotatable bonds is 15. The molecule has 5 heterocycles. The van der Waals surface area contributed by atoms with E-state index in [1.807, 2.05) is 13.8 Å². The number of nitrogens with one attached hydrogen (secondary N) is 4. The number of fused-ring (bicyclic) bond motifs is 2. The Morgan fingerprint density at radius 1 is 1.03 bits per heavy atom. The highest BCUT2D eigenvalue weighted by Gasteiger charge is 2.42. The predicted octanol–water partition coefficient (Wildman–Crippen LogP) is 2.98. The van der Waals surface area contributed by atoms with E-state index in [2.05, 4.69) is 36.1 Å². The molecule has 0 radical (unpaired) electrons. The number of carbonyl (C=O) groups excluding carboxylic acids is 6. The Morgan fingerprint density at radius 3 is 2.52 bits per heavy atom. The van der Waals surface area contributed by atoms with Crippen molar-refractivity contribution in [1.29, 1.82) is 0 Å². The molecule has 3 fully saturated rings. The minimum atomic E-state index is -0.966. The smallest absolute Gasteiger partial charge is 0.255 e. The SMILES string of the molecule is CC[C@@H]1C(=O)N(C)c2cnc(Nc3ccc(C(=O)NC4CCN(CCOC[C@@H](N)C(=O)Nc5c(C)ccc6c5CN(C5CCC(=O)NC5=O)C6=O)CC4)cc3OC)nc2N1C1CCCC1. The molecule has 346 valence electrons. The maximum absolute atomic E-state index is 13.4. The fourth-order valence-corrected chi connectivity index (χ4v) is 9.70. The number of anilines is 5. The lowest BCUT2D eigenvalue weighted by Crippen LogP contribution is -2.55. The molecular formula is C46H59N11O8. The fourth-order valence-electron chi connectivity index (χ4n) is 9.70. The summed E-state index contributed by atoms with van der Waals surface area (Å²) in [5.74, 6) is -0.215. The summed E-state index contributed by atoms with van der Waals surface area (Å²) in [6.07, 6.45) is 8.57. The van der Waals surface area contributed by atoms with Crippen LogP contribution in [0.25, 0.3) is 0 Å². The zero-order chi connectivity index (χ0) is 45.9. The maximum Gasteiger partial charge on any atom is 0.255 e. The number of aromatic nitrogens is 2. The van der Waals surface area contributed by atoms with Gasteiger partial charge in [0.2, 0.25) is 29.6 Å². The van der Waals surface area contributed by atoms with Crippen molar-refractivity contribution in [2.24, 2.45) is 5.73 Å². The van der Waals surface area contributed by atoms with E-state index in [-0.39, 0.29) is 67.7 Å². The number of aryl methyl sites for hydroxylation is 1. The largest absolute Gasteiger partial charge is 0.495 e. The Kier molecular flexibility index (Phi) is 13.6. The van der Waals surface area contributed by atoms with Crippen molar-refractivity contribution >= 4 is 64.3 Å². The number of nitrogens with zero attached hydrogens (tertiary/aromatic N) is 6. The summed E-state index contributed by atoms with van der Waals surface area (Å²) in [6, 6.07) is 6.88. The molecule has 1 aromatic heterocycles. The summed E-state index contributed by atoms with van der Waals surface area (Å²) in [7, 11) is 3.32. The quantitative estimate of drug-likeness (QED) is 0.109. The summed E-state index contributed by atoms with van der Waals surface area (Å²) in [5, 5.41) is 11.6. The Labute approximate surface area is 378 Å². The molecule has 1 aliphatic carbocycles. The second-order valence-corrected chi connectivity index (χ2v) is 17.6. The molecule has 6 amide bonds. The molecule has 2 saturated heterocycles. The van der Waals surface area contributed by atoms with Gasteiger partial charge in [0.25, 0.3) is 11.8 Å². The summed E-state index contributed by atoms with van der Waals surface area (Å²) < 4.78 is 11.5. The molecule has 0 bridgehead atoms. The number of likely N-dealkylation sites (N-methyl/N-ethyl adjacent to an activating group) is 1. The average molecular weight is 894 g/mol. The number of hydrogen-bond donors (Lipinski definition) is 5. The van der Waals surface area contributed by atoms with Crippen LogP contribution in [0.5, 0.6) is 5.75 Å². The van der Waals surface area contributed by atoms with Crippen LogP contribution < -0.4 is 41.5 Å². The highest BCUT2D eigenvalue weighted by Crippen LogP contribution is 2.41. The summed E-state index contributed by atoms with van der Waals surface area (Å²) >= 11 is 0. The van der Waals surface area contributed by atoms with Crippen LogP contribution in [0.2, 0.25) is 0 Å². The predicted molar refractivity (Wildman–Crippen MR) is 242 cm³/mol. The first-order valence-corrected chi connectivity index (χ1v) is 22.7. The molecule has 1 unspecified atom stereocenters. The van der Waals surface area contributed by atoms with Crippen molar-refractivity contribution < 1.29 is 38.2 Å². The van der Waals surface area contributed by atoms with Gasteiger partial charge in [-0.15, -0.1) is 0 Å². The van der Waals surface area contributed by atoms with E-state index in [9.17, 15) is 28.8 Å². The van der Waals surface area contributed by atoms with Gasteiger partial charge >= 0.3 is 0 Å². The molecule has 8 rings (SSSR count). The monoisotopic (exact) mass is 893 g/mol. The fraction of sp³-hybridized carbons (Fsp3) is 0.522. The van der Waals surface area contributed by atoms with Gasteiger partial charge in [-0.1, -0.05) is 25.8 Å². The van der Waals surface area contributed by atoms with Crippen molar-refractivity contribution in [3.63, 3.8) is 0 Å². The molecule has 5 aliphatic rings. The van der Waals surface area contributed by atoms with Crippen LogP contribution in [0, 0.1) is 6.92 Å². The van der Waals surface area contributed by atoms with E-state index in [1.165, 1.54) is 4.90 Å². The van der Waals surface area contributed by atoms with Crippen molar-refractivity contribution in [2.45, 2.75) is 108 Å². The van der Waals surface area contributed by atoms with Gasteiger partial charge in [-0.25, -0.2) is 4.98 Å². The van der Waals surface area contributed by atoms with Gasteiger partial charge < -0.3 is 50.8 Å². The van der Waals surface area contributed by atoms with Gasteiger partial charge in [0.05, 0.1) is 32.2 Å². The molecule has 65 heavy (non-hydrogen) atoms. The van der Waals surface area contributed by atoms with Crippen molar-refractivity contribution in [2.75, 3.05) is 67.4 Å². The van der Waals surface area contributed by atoms with Gasteiger partial charge in [0.15, 0.2) is 5.82 Å². The molecule has 19 heteroatoms. The van der Waals surface area contributed by atoms with Crippen molar-refractivity contribution in [3.05, 3.63) is 58.8 Å². The van der Waals surface area contributed by atoms with E-state index in [4.69, 9.17) is 20.2 Å². The lowest BCUT2D eigenvalue weighted by Gasteiger charge is -2.43. The molecular weight excluding hydrogens is 835 g/mol. The normalized spacial score (nSPS) is 21.0. The average Bonchev–Trinajstić information content (AvgIpc) is 3.96. The third-order valence-corrected chi connectivity index (χ3v) is 13.4. The van der Waals surface area contributed by atoms with E-state index in [1.54, 1.807) is 55.6 Å². The zero-order valence-electron chi connectivity index (χ0n) is 37.5. The Morgan fingerprint density at radius 2 is 1.80 bits per heavy atom. The molecule has 19 nitrogen and oxygen atoms in total. The highest BCUT2D eigenvalue weighted by molar-refractivity contribution is 6.08. The van der Waals surface area contributed by atoms with E-state index in [0.717, 1.165) is 63.0 Å². The number of nitrogens with two attached hydrogens (primary N) is 1. The second-order valence-electron chi connectivity index (χ2n) is 17.6. The second kappa shape index (κ2) is 19.5. The highest BCUT2D eigenvalue weighted by atomic mass is 16.5. The van der Waals surface area contributed by atoms with Gasteiger partial charge in [0, 0.05) is 74.1 Å². The third-order valence-electron chi connectivity index (χ3n) is 13.4. The number of amides is 6. The number of likely N-dealkylation sites (tertiary alicyclic amines) is 1. The van der Waals surface area contributed by atoms with Gasteiger partial charge in [-0.2, -0.15) is 4.98 Å². The van der Waals surface area contributed by atoms with Gasteiger partial charge in [-0.05, 0) is 75.3 Å². The minimum absolute atomic E-state index is 0.00989. The summed E-state index contributed by atoms with van der Waals surface area (Å²) in [6.45, 7) is 6.46. The number of imide groups is 1. The molecule has 1 saturated carbocycles. The first kappa shape index (κ1) is 45.4. The number of hydrogen-bond acceptors (Lipinski definition) is 14. The van der Waals surface area contributed by atoms with Crippen molar-refractivity contribution in [3.8, 4) is 5.75 Å². The van der Waals surface area contributed by atoms with E-state index < -0.39 is 23.9 Å². The molecule has 0 spiro atoms. The minimum Gasteiger partial charge on any atom is -0.495 e. The third kappa shape index (κ3) is 9.48. The lowest BCUT2D eigenvalue weighted by molar-refractivity contribution is -0.137. The molecule has 3 atom stereocenters. The first-order chi connectivity index (χ1) is 31.3. The van der Waals surface area contributed by atoms with Crippen LogP contribution in [-0.2, 0) is 30.5 Å². The van der Waals surface area contributed by atoms with E-state index in [0.29, 0.717) is 65.0 Å². The van der Waals surface area contributed by atoms with Gasteiger partial charge in [-0.3, -0.25) is 34.1 Å². The Balaban J connectivity index is 0.784. The maximum atomic E-state index is 13.4. The van der Waals surface area contributed by atoms with Crippen LogP contribution in [0.4, 0.5) is 28.8 Å². The standard InChI is InChI=1S/C46H59N11O8/c1-5-34-45(63)54(3)36-23-48-46(53-40(36)57(34)29-8-6-7-9-29)50-33-13-11-27(22-37(33)64-4)41(59)49-28-16-18-55(19-17-28)20-21-65-25-32(47)42(60)52-39-26(2)10-12-30-31(39)24-56(44(30)62)35-14-15-38(58)51-43(35)61/h10-13,22-23,28-29,32,34-35H,5-9,14-21,24-25,47H2,1-4H3,(H,49,59)(H,52,60)(H,48,50,53)(H,51,58,61)/t32-,34-,35?/m1/s1. The van der Waals surface area contributed by atoms with Crippen LogP contribution in [0.3, 0.4) is 0 Å². The Hall–Kier alpha value is -6.18. The van der Waals surface area contributed by atoms with Crippen LogP contribution >= 0.6 is 0 Å². The molecule has 6 N–H and O–H groups in total. The van der Waals surface area contributed by atoms with E-state index >= 15 is 0 Å². The van der Waals surface area contributed by atoms with Gasteiger partial charge in [0.1, 0.15) is 29.6 Å². The van der Waals surface area contributed by atoms with Crippen LogP contribution in [-0.4, -0.2) is 132 Å². The lowest BCUT2D eigenvalue weighted by atomic mass is 10.0. The molecule has 2 aromatic carbocycles.